The number of thioether (sulfide) groups is 1. The molecular formula is C14H17ClFNO3S. The molecule has 0 bridgehead atoms. The van der Waals surface area contributed by atoms with E-state index >= 15 is 0 Å². The van der Waals surface area contributed by atoms with E-state index in [2.05, 4.69) is 5.32 Å². The number of halogens is 2. The van der Waals surface area contributed by atoms with Gasteiger partial charge in [0.1, 0.15) is 11.1 Å². The number of rotatable bonds is 6. The molecule has 0 saturated carbocycles. The summed E-state index contributed by atoms with van der Waals surface area (Å²) >= 11 is 7.18. The van der Waals surface area contributed by atoms with Gasteiger partial charge >= 0.3 is 5.97 Å². The number of hydrogen-bond acceptors (Lipinski definition) is 4. The Kier molecular flexibility index (Phi) is 6.98. The SMILES string of the molecule is CCC(=O)Nc1cc(SC(CC)C(=O)OC)c(Cl)cc1F. The molecule has 0 spiro atoms. The van der Waals surface area contributed by atoms with E-state index in [9.17, 15) is 14.0 Å². The van der Waals surface area contributed by atoms with Crippen molar-refractivity contribution in [3.05, 3.63) is 23.0 Å². The number of ether oxygens (including phenoxy) is 1. The smallest absolute Gasteiger partial charge is 0.319 e. The monoisotopic (exact) mass is 333 g/mol. The third-order valence-corrected chi connectivity index (χ3v) is 4.55. The van der Waals surface area contributed by atoms with Crippen molar-refractivity contribution in [3.63, 3.8) is 0 Å². The van der Waals surface area contributed by atoms with Crippen LogP contribution in [0.25, 0.3) is 0 Å². The van der Waals surface area contributed by atoms with Crippen molar-refractivity contribution in [3.8, 4) is 0 Å². The quantitative estimate of drug-likeness (QED) is 0.634. The number of esters is 1. The lowest BCUT2D eigenvalue weighted by molar-refractivity contribution is -0.140. The van der Waals surface area contributed by atoms with Gasteiger partial charge in [-0.15, -0.1) is 11.8 Å². The first-order valence-corrected chi connectivity index (χ1v) is 7.72. The third kappa shape index (κ3) is 4.89. The highest BCUT2D eigenvalue weighted by Gasteiger charge is 2.21. The van der Waals surface area contributed by atoms with Crippen LogP contribution >= 0.6 is 23.4 Å². The summed E-state index contributed by atoms with van der Waals surface area (Å²) in [4.78, 5) is 23.5. The number of carbonyl (C=O) groups excluding carboxylic acids is 2. The first-order valence-electron chi connectivity index (χ1n) is 6.46. The molecule has 0 aliphatic rings. The largest absolute Gasteiger partial charge is 0.468 e. The Bertz CT molecular complexity index is 539. The Morgan fingerprint density at radius 3 is 2.62 bits per heavy atom. The van der Waals surface area contributed by atoms with Crippen molar-refractivity contribution < 1.29 is 18.7 Å². The van der Waals surface area contributed by atoms with Crippen molar-refractivity contribution in [1.82, 2.24) is 0 Å². The number of methoxy groups -OCH3 is 1. The van der Waals surface area contributed by atoms with Crippen LogP contribution in [0.15, 0.2) is 17.0 Å². The normalized spacial score (nSPS) is 11.9. The molecule has 1 atom stereocenters. The molecule has 4 nitrogen and oxygen atoms in total. The van der Waals surface area contributed by atoms with Gasteiger partial charge < -0.3 is 10.1 Å². The molecule has 0 heterocycles. The van der Waals surface area contributed by atoms with Crippen molar-refractivity contribution in [2.45, 2.75) is 36.8 Å². The predicted octanol–water partition coefficient (Wildman–Crippen LogP) is 3.87. The van der Waals surface area contributed by atoms with Crippen LogP contribution in [-0.2, 0) is 14.3 Å². The Morgan fingerprint density at radius 1 is 1.43 bits per heavy atom. The fourth-order valence-electron chi connectivity index (χ4n) is 1.54. The fraction of sp³-hybridized carbons (Fsp3) is 0.429. The highest BCUT2D eigenvalue weighted by Crippen LogP contribution is 2.35. The first kappa shape index (κ1) is 17.8. The van der Waals surface area contributed by atoms with E-state index < -0.39 is 11.1 Å². The molecular weight excluding hydrogens is 317 g/mol. The number of amides is 1. The highest BCUT2D eigenvalue weighted by atomic mass is 35.5. The highest BCUT2D eigenvalue weighted by molar-refractivity contribution is 8.00. The minimum absolute atomic E-state index is 0.0495. The summed E-state index contributed by atoms with van der Waals surface area (Å²) in [5.41, 5.74) is 0.0495. The summed E-state index contributed by atoms with van der Waals surface area (Å²) in [5, 5.41) is 2.21. The Morgan fingerprint density at radius 2 is 2.10 bits per heavy atom. The van der Waals surface area contributed by atoms with E-state index in [0.717, 1.165) is 6.07 Å². The summed E-state index contributed by atoms with van der Waals surface area (Å²) in [6.07, 6.45) is 0.784. The molecule has 1 rings (SSSR count). The average molecular weight is 334 g/mol. The van der Waals surface area contributed by atoms with Crippen LogP contribution in [0.1, 0.15) is 26.7 Å². The van der Waals surface area contributed by atoms with Crippen molar-refractivity contribution in [1.29, 1.82) is 0 Å². The van der Waals surface area contributed by atoms with Crippen LogP contribution < -0.4 is 5.32 Å². The zero-order chi connectivity index (χ0) is 16.0. The summed E-state index contributed by atoms with van der Waals surface area (Å²) in [6, 6.07) is 2.56. The topological polar surface area (TPSA) is 55.4 Å². The zero-order valence-corrected chi connectivity index (χ0v) is 13.6. The summed E-state index contributed by atoms with van der Waals surface area (Å²) < 4.78 is 18.5. The number of benzene rings is 1. The average Bonchev–Trinajstić information content (AvgIpc) is 2.47. The fourth-order valence-corrected chi connectivity index (χ4v) is 2.84. The van der Waals surface area contributed by atoms with E-state index in [0.29, 0.717) is 11.3 Å². The van der Waals surface area contributed by atoms with E-state index in [1.807, 2.05) is 6.92 Å². The molecule has 21 heavy (non-hydrogen) atoms. The van der Waals surface area contributed by atoms with Gasteiger partial charge in [0.2, 0.25) is 5.91 Å². The standard InChI is InChI=1S/C14H17ClFNO3S/c1-4-11(14(19)20-3)21-12-7-10(17-13(18)5-2)9(16)6-8(12)15/h6-7,11H,4-5H2,1-3H3,(H,17,18). The van der Waals surface area contributed by atoms with E-state index in [-0.39, 0.29) is 29.0 Å². The van der Waals surface area contributed by atoms with E-state index in [1.165, 1.54) is 24.9 Å². The molecule has 1 amide bonds. The number of nitrogens with one attached hydrogen (secondary N) is 1. The van der Waals surface area contributed by atoms with E-state index in [4.69, 9.17) is 16.3 Å². The Labute approximate surface area is 132 Å². The van der Waals surface area contributed by atoms with Gasteiger partial charge in [0.15, 0.2) is 0 Å². The minimum atomic E-state index is -0.614. The van der Waals surface area contributed by atoms with Crippen LogP contribution in [0.5, 0.6) is 0 Å². The van der Waals surface area contributed by atoms with Crippen LogP contribution in [-0.4, -0.2) is 24.2 Å². The van der Waals surface area contributed by atoms with Crippen molar-refractivity contribution in [2.75, 3.05) is 12.4 Å². The Hall–Kier alpha value is -1.27. The van der Waals surface area contributed by atoms with Gasteiger partial charge in [0.25, 0.3) is 0 Å². The lowest BCUT2D eigenvalue weighted by atomic mass is 10.3. The molecule has 7 heteroatoms. The molecule has 1 aromatic carbocycles. The number of carbonyl (C=O) groups is 2. The molecule has 1 unspecified atom stereocenters. The van der Waals surface area contributed by atoms with Gasteiger partial charge in [-0.1, -0.05) is 25.4 Å². The van der Waals surface area contributed by atoms with Gasteiger partial charge in [-0.25, -0.2) is 4.39 Å². The summed E-state index contributed by atoms with van der Waals surface area (Å²) in [7, 11) is 1.31. The van der Waals surface area contributed by atoms with Gasteiger partial charge in [0.05, 0.1) is 17.8 Å². The molecule has 116 valence electrons. The maximum absolute atomic E-state index is 13.8. The maximum Gasteiger partial charge on any atom is 0.319 e. The molecule has 0 aliphatic carbocycles. The van der Waals surface area contributed by atoms with Gasteiger partial charge in [0, 0.05) is 11.3 Å². The van der Waals surface area contributed by atoms with Gasteiger partial charge in [-0.3, -0.25) is 9.59 Å². The lowest BCUT2D eigenvalue weighted by Gasteiger charge is -2.14. The molecule has 1 aromatic rings. The van der Waals surface area contributed by atoms with Crippen LogP contribution in [0.3, 0.4) is 0 Å². The summed E-state index contributed by atoms with van der Waals surface area (Å²) in [5.74, 6) is -1.29. The second-order valence-electron chi connectivity index (χ2n) is 4.20. The number of hydrogen-bond donors (Lipinski definition) is 1. The van der Waals surface area contributed by atoms with Crippen LogP contribution in [0.2, 0.25) is 5.02 Å². The van der Waals surface area contributed by atoms with Crippen molar-refractivity contribution >= 4 is 40.9 Å². The maximum atomic E-state index is 13.8. The van der Waals surface area contributed by atoms with Gasteiger partial charge in [-0.2, -0.15) is 0 Å². The van der Waals surface area contributed by atoms with Gasteiger partial charge in [-0.05, 0) is 18.6 Å². The van der Waals surface area contributed by atoms with Crippen LogP contribution in [0, 0.1) is 5.82 Å². The second-order valence-corrected chi connectivity index (χ2v) is 5.85. The molecule has 1 N–H and O–H groups in total. The third-order valence-electron chi connectivity index (χ3n) is 2.72. The zero-order valence-electron chi connectivity index (χ0n) is 12.0. The second kappa shape index (κ2) is 8.24. The molecule has 0 radical (unpaired) electrons. The molecule has 0 aliphatic heterocycles. The van der Waals surface area contributed by atoms with E-state index in [1.54, 1.807) is 6.92 Å². The molecule has 0 saturated heterocycles. The number of anilines is 1. The van der Waals surface area contributed by atoms with Crippen molar-refractivity contribution in [2.24, 2.45) is 0 Å². The lowest BCUT2D eigenvalue weighted by Crippen LogP contribution is -2.17. The molecule has 0 fully saturated rings. The minimum Gasteiger partial charge on any atom is -0.468 e. The first-order chi connectivity index (χ1) is 9.92. The predicted molar refractivity (Wildman–Crippen MR) is 82.3 cm³/mol. The Balaban J connectivity index is 3.03. The molecule has 0 aromatic heterocycles. The van der Waals surface area contributed by atoms with Crippen LogP contribution in [0.4, 0.5) is 10.1 Å². The summed E-state index contributed by atoms with van der Waals surface area (Å²) in [6.45, 7) is 3.51.